The van der Waals surface area contributed by atoms with Crippen molar-refractivity contribution in [2.45, 2.75) is 4.21 Å². The molecule has 7 nitrogen and oxygen atoms in total. The number of ether oxygens (including phenoxy) is 1. The lowest BCUT2D eigenvalue weighted by atomic mass is 10.2. The molecule has 0 aliphatic rings. The molecule has 0 atom stereocenters. The van der Waals surface area contributed by atoms with E-state index in [0.29, 0.717) is 5.75 Å². The molecule has 144 valence electrons. The Morgan fingerprint density at radius 1 is 1.07 bits per heavy atom. The number of para-hydroxylation sites is 1. The number of amides is 1. The van der Waals surface area contributed by atoms with Crippen LogP contribution >= 0.6 is 11.3 Å². The fraction of sp³-hybridized carbons (Fsp3) is 0.0526. The van der Waals surface area contributed by atoms with E-state index in [-0.39, 0.29) is 15.5 Å². The molecule has 2 N–H and O–H groups in total. The summed E-state index contributed by atoms with van der Waals surface area (Å²) in [4.78, 5) is 12.5. The first-order valence-corrected chi connectivity index (χ1v) is 10.5. The predicted octanol–water partition coefficient (Wildman–Crippen LogP) is 3.32. The number of sulfonamides is 1. The first kappa shape index (κ1) is 19.6. The molecule has 28 heavy (non-hydrogen) atoms. The number of thiophene rings is 1. The number of nitrogens with one attached hydrogen (secondary N) is 2. The van der Waals surface area contributed by atoms with Gasteiger partial charge in [-0.15, -0.1) is 11.3 Å². The van der Waals surface area contributed by atoms with Crippen molar-refractivity contribution in [1.29, 1.82) is 0 Å². The normalized spacial score (nSPS) is 11.3. The molecule has 0 bridgehead atoms. The predicted molar refractivity (Wildman–Crippen MR) is 110 cm³/mol. The number of carbonyl (C=O) groups is 1. The highest BCUT2D eigenvalue weighted by atomic mass is 32.2. The van der Waals surface area contributed by atoms with Gasteiger partial charge in [0.05, 0.1) is 24.6 Å². The highest BCUT2D eigenvalue weighted by molar-refractivity contribution is 7.94. The van der Waals surface area contributed by atoms with Crippen molar-refractivity contribution in [3.05, 3.63) is 77.2 Å². The molecule has 1 heterocycles. The van der Waals surface area contributed by atoms with Crippen LogP contribution in [0.2, 0.25) is 0 Å². The third-order valence-corrected chi connectivity index (χ3v) is 6.43. The zero-order valence-electron chi connectivity index (χ0n) is 14.8. The molecule has 0 unspecified atom stereocenters. The van der Waals surface area contributed by atoms with Gasteiger partial charge in [-0.1, -0.05) is 18.2 Å². The quantitative estimate of drug-likeness (QED) is 0.457. The number of rotatable bonds is 7. The van der Waals surface area contributed by atoms with Crippen LogP contribution in [-0.4, -0.2) is 27.6 Å². The van der Waals surface area contributed by atoms with Gasteiger partial charge >= 0.3 is 0 Å². The summed E-state index contributed by atoms with van der Waals surface area (Å²) in [5.74, 6) is 0.183. The van der Waals surface area contributed by atoms with Gasteiger partial charge in [0.2, 0.25) is 0 Å². The molecule has 0 fully saturated rings. The van der Waals surface area contributed by atoms with Crippen LogP contribution in [0, 0.1) is 0 Å². The average Bonchev–Trinajstić information content (AvgIpc) is 3.24. The fourth-order valence-corrected chi connectivity index (χ4v) is 4.37. The van der Waals surface area contributed by atoms with E-state index in [1.165, 1.54) is 24.4 Å². The van der Waals surface area contributed by atoms with Gasteiger partial charge in [0.1, 0.15) is 9.96 Å². The van der Waals surface area contributed by atoms with Crippen LogP contribution in [0.25, 0.3) is 0 Å². The van der Waals surface area contributed by atoms with Crippen LogP contribution in [0.5, 0.6) is 5.75 Å². The number of benzene rings is 2. The molecule has 0 saturated carbocycles. The first-order chi connectivity index (χ1) is 13.5. The monoisotopic (exact) mass is 415 g/mol. The Kier molecular flexibility index (Phi) is 6.07. The van der Waals surface area contributed by atoms with E-state index in [0.717, 1.165) is 16.9 Å². The number of hydrazone groups is 1. The van der Waals surface area contributed by atoms with E-state index < -0.39 is 15.9 Å². The van der Waals surface area contributed by atoms with Crippen molar-refractivity contribution in [1.82, 2.24) is 5.43 Å². The summed E-state index contributed by atoms with van der Waals surface area (Å²) >= 11 is 1.09. The van der Waals surface area contributed by atoms with Gasteiger partial charge in [-0.05, 0) is 53.4 Å². The molecule has 9 heteroatoms. The lowest BCUT2D eigenvalue weighted by molar-refractivity contribution is 0.0956. The number of hydrogen-bond acceptors (Lipinski definition) is 6. The maximum atomic E-state index is 12.5. The van der Waals surface area contributed by atoms with E-state index in [9.17, 15) is 13.2 Å². The molecule has 3 aromatic rings. The summed E-state index contributed by atoms with van der Waals surface area (Å²) in [5, 5.41) is 5.59. The fourth-order valence-electron chi connectivity index (χ4n) is 2.30. The Morgan fingerprint density at radius 3 is 2.50 bits per heavy atom. The number of carbonyl (C=O) groups excluding carboxylic acids is 1. The third kappa shape index (κ3) is 4.76. The number of methoxy groups -OCH3 is 1. The van der Waals surface area contributed by atoms with Crippen LogP contribution in [0.4, 0.5) is 5.69 Å². The third-order valence-electron chi connectivity index (χ3n) is 3.67. The number of hydrogen-bond donors (Lipinski definition) is 2. The molecule has 0 aliphatic carbocycles. The second-order valence-electron chi connectivity index (χ2n) is 5.56. The lowest BCUT2D eigenvalue weighted by Crippen LogP contribution is -2.21. The average molecular weight is 415 g/mol. The van der Waals surface area contributed by atoms with E-state index >= 15 is 0 Å². The topological polar surface area (TPSA) is 96.9 Å². The van der Waals surface area contributed by atoms with Gasteiger partial charge in [-0.2, -0.15) is 5.10 Å². The zero-order chi connectivity index (χ0) is 20.0. The van der Waals surface area contributed by atoms with Crippen LogP contribution in [0.3, 0.4) is 0 Å². The van der Waals surface area contributed by atoms with Crippen molar-refractivity contribution < 1.29 is 17.9 Å². The van der Waals surface area contributed by atoms with Gasteiger partial charge in [0, 0.05) is 0 Å². The Balaban J connectivity index is 1.72. The first-order valence-electron chi connectivity index (χ1n) is 8.12. The standard InChI is InChI=1S/C19H17N3O4S2/c1-26-15-10-8-14(9-11-15)13-20-21-19(23)16-5-2-3-6-17(16)22-28(24,25)18-7-4-12-27-18/h2-13,22H,1H3,(H,21,23)/b20-13+. The maximum absolute atomic E-state index is 12.5. The van der Waals surface area contributed by atoms with Crippen LogP contribution in [0.1, 0.15) is 15.9 Å². The Morgan fingerprint density at radius 2 is 1.82 bits per heavy atom. The smallest absolute Gasteiger partial charge is 0.273 e. The molecule has 1 amide bonds. The van der Waals surface area contributed by atoms with E-state index in [4.69, 9.17) is 4.74 Å². The molecule has 0 aliphatic heterocycles. The minimum absolute atomic E-state index is 0.162. The molecular weight excluding hydrogens is 398 g/mol. The zero-order valence-corrected chi connectivity index (χ0v) is 16.5. The second kappa shape index (κ2) is 8.68. The Hall–Kier alpha value is -3.17. The van der Waals surface area contributed by atoms with Crippen LogP contribution in [0.15, 0.2) is 75.4 Å². The van der Waals surface area contributed by atoms with Gasteiger partial charge in [-0.3, -0.25) is 9.52 Å². The highest BCUT2D eigenvalue weighted by Crippen LogP contribution is 2.22. The molecule has 2 aromatic carbocycles. The van der Waals surface area contributed by atoms with Crippen molar-refractivity contribution in [2.24, 2.45) is 5.10 Å². The van der Waals surface area contributed by atoms with Crippen molar-refractivity contribution in [3.63, 3.8) is 0 Å². The lowest BCUT2D eigenvalue weighted by Gasteiger charge is -2.10. The Bertz CT molecular complexity index is 1080. The summed E-state index contributed by atoms with van der Waals surface area (Å²) in [6.07, 6.45) is 1.48. The summed E-state index contributed by atoms with van der Waals surface area (Å²) in [5.41, 5.74) is 3.51. The molecule has 0 radical (unpaired) electrons. The van der Waals surface area contributed by atoms with Crippen LogP contribution < -0.4 is 14.9 Å². The van der Waals surface area contributed by atoms with Gasteiger partial charge < -0.3 is 4.74 Å². The van der Waals surface area contributed by atoms with E-state index in [1.54, 1.807) is 55.0 Å². The number of anilines is 1. The largest absolute Gasteiger partial charge is 0.497 e. The highest BCUT2D eigenvalue weighted by Gasteiger charge is 2.19. The SMILES string of the molecule is COc1ccc(/C=N/NC(=O)c2ccccc2NS(=O)(=O)c2cccs2)cc1. The summed E-state index contributed by atoms with van der Waals surface area (Å²) in [6, 6.07) is 16.6. The molecule has 0 spiro atoms. The van der Waals surface area contributed by atoms with Gasteiger partial charge in [-0.25, -0.2) is 13.8 Å². The summed E-state index contributed by atoms with van der Waals surface area (Å²) in [6.45, 7) is 0. The van der Waals surface area contributed by atoms with E-state index in [2.05, 4.69) is 15.2 Å². The Labute approximate surface area is 166 Å². The number of nitrogens with zero attached hydrogens (tertiary/aromatic N) is 1. The van der Waals surface area contributed by atoms with E-state index in [1.807, 2.05) is 0 Å². The molecule has 1 aromatic heterocycles. The minimum Gasteiger partial charge on any atom is -0.497 e. The summed E-state index contributed by atoms with van der Waals surface area (Å²) < 4.78 is 32.5. The van der Waals surface area contributed by atoms with Crippen molar-refractivity contribution in [2.75, 3.05) is 11.8 Å². The minimum atomic E-state index is -3.76. The summed E-state index contributed by atoms with van der Waals surface area (Å²) in [7, 11) is -2.18. The van der Waals surface area contributed by atoms with Crippen molar-refractivity contribution >= 4 is 39.2 Å². The molecule has 0 saturated heterocycles. The maximum Gasteiger partial charge on any atom is 0.273 e. The van der Waals surface area contributed by atoms with Crippen LogP contribution in [-0.2, 0) is 10.0 Å². The second-order valence-corrected chi connectivity index (χ2v) is 8.41. The van der Waals surface area contributed by atoms with Gasteiger partial charge in [0.15, 0.2) is 0 Å². The van der Waals surface area contributed by atoms with Gasteiger partial charge in [0.25, 0.3) is 15.9 Å². The molecule has 3 rings (SSSR count). The molecular formula is C19H17N3O4S2. The van der Waals surface area contributed by atoms with Crippen molar-refractivity contribution in [3.8, 4) is 5.75 Å².